The van der Waals surface area contributed by atoms with Crippen molar-refractivity contribution < 1.29 is 48.0 Å². The smallest absolute Gasteiger partial charge is 0.342 e. The van der Waals surface area contributed by atoms with Gasteiger partial charge in [-0.1, -0.05) is 0 Å². The molecule has 1 aliphatic carbocycles. The lowest BCUT2D eigenvalue weighted by Gasteiger charge is -2.25. The van der Waals surface area contributed by atoms with Crippen LogP contribution >= 0.6 is 0 Å². The molecule has 0 radical (unpaired) electrons. The van der Waals surface area contributed by atoms with E-state index < -0.39 is 41.1 Å². The highest BCUT2D eigenvalue weighted by Crippen LogP contribution is 2.49. The molecule has 0 fully saturated rings. The van der Waals surface area contributed by atoms with Gasteiger partial charge in [-0.2, -0.15) is 0 Å². The van der Waals surface area contributed by atoms with Gasteiger partial charge in [0.25, 0.3) is 0 Å². The van der Waals surface area contributed by atoms with E-state index in [2.05, 4.69) is 0 Å². The Morgan fingerprint density at radius 2 is 1.38 bits per heavy atom. The summed E-state index contributed by atoms with van der Waals surface area (Å²) < 4.78 is 22.1. The van der Waals surface area contributed by atoms with E-state index in [9.17, 15) is 29.4 Å². The Morgan fingerprint density at radius 1 is 0.769 bits per heavy atom. The molecule has 0 saturated heterocycles. The molecule has 10 nitrogen and oxygen atoms in total. The largest absolute Gasteiger partial charge is 0.506 e. The number of ketones is 2. The number of rotatable bonds is 1. The summed E-state index contributed by atoms with van der Waals surface area (Å²) in [6.07, 6.45) is -0.215. The van der Waals surface area contributed by atoms with E-state index in [0.717, 1.165) is 0 Å². The lowest BCUT2D eigenvalue weighted by molar-refractivity contribution is 0.0286. The molecule has 196 valence electrons. The second kappa shape index (κ2) is 7.59. The van der Waals surface area contributed by atoms with Gasteiger partial charge in [0.15, 0.2) is 11.3 Å². The fourth-order valence-corrected chi connectivity index (χ4v) is 6.03. The lowest BCUT2D eigenvalue weighted by Crippen LogP contribution is -2.28. The van der Waals surface area contributed by atoms with Gasteiger partial charge in [0.05, 0.1) is 29.0 Å². The molecule has 0 spiro atoms. The average Bonchev–Trinajstić information content (AvgIpc) is 3.26. The Labute approximate surface area is 219 Å². The molecule has 3 aromatic carbocycles. The van der Waals surface area contributed by atoms with Crippen LogP contribution < -0.4 is 4.74 Å². The van der Waals surface area contributed by atoms with Crippen LogP contribution in [0.4, 0.5) is 0 Å². The minimum absolute atomic E-state index is 0.0136. The number of fused-ring (bicyclic) bond motifs is 8. The Hall–Kier alpha value is -4.86. The van der Waals surface area contributed by atoms with Crippen molar-refractivity contribution in [1.82, 2.24) is 0 Å². The summed E-state index contributed by atoms with van der Waals surface area (Å²) in [7, 11) is 1.38. The fraction of sp³-hybridized carbons (Fsp3) is 0.241. The van der Waals surface area contributed by atoms with Crippen LogP contribution in [-0.4, -0.2) is 53.0 Å². The summed E-state index contributed by atoms with van der Waals surface area (Å²) in [5, 5.41) is 23.0. The zero-order chi connectivity index (χ0) is 27.5. The zero-order valence-electron chi connectivity index (χ0n) is 21.0. The molecule has 0 saturated carbocycles. The van der Waals surface area contributed by atoms with Gasteiger partial charge in [-0.25, -0.2) is 9.59 Å². The first-order valence-corrected chi connectivity index (χ1v) is 12.3. The van der Waals surface area contributed by atoms with E-state index in [1.807, 2.05) is 0 Å². The van der Waals surface area contributed by atoms with E-state index in [1.54, 1.807) is 26.0 Å². The quantitative estimate of drug-likeness (QED) is 0.306. The van der Waals surface area contributed by atoms with Crippen molar-refractivity contribution >= 4 is 45.2 Å². The van der Waals surface area contributed by atoms with Crippen molar-refractivity contribution in [3.8, 4) is 17.2 Å². The molecule has 2 atom stereocenters. The number of cyclic esters (lactones) is 2. The van der Waals surface area contributed by atoms with Crippen LogP contribution in [0.5, 0.6) is 17.2 Å². The maximum absolute atomic E-state index is 13.9. The molecule has 3 aliphatic rings. The monoisotopic (exact) mass is 528 g/mol. The molecule has 2 N–H and O–H groups in total. The predicted octanol–water partition coefficient (Wildman–Crippen LogP) is 3.98. The van der Waals surface area contributed by atoms with Gasteiger partial charge in [0.2, 0.25) is 11.6 Å². The van der Waals surface area contributed by atoms with Crippen LogP contribution in [0.25, 0.3) is 21.7 Å². The maximum atomic E-state index is 13.9. The number of methoxy groups -OCH3 is 1. The van der Waals surface area contributed by atoms with Gasteiger partial charge in [0.1, 0.15) is 40.6 Å². The third kappa shape index (κ3) is 2.91. The van der Waals surface area contributed by atoms with E-state index >= 15 is 0 Å². The number of carbonyl (C=O) groups is 4. The van der Waals surface area contributed by atoms with Crippen molar-refractivity contribution in [2.24, 2.45) is 0 Å². The zero-order valence-corrected chi connectivity index (χ0v) is 21.0. The number of aromatic hydroxyl groups is 2. The maximum Gasteiger partial charge on any atom is 0.342 e. The summed E-state index contributed by atoms with van der Waals surface area (Å²) in [4.78, 5) is 52.8. The van der Waals surface area contributed by atoms with Crippen LogP contribution in [0.3, 0.4) is 0 Å². The van der Waals surface area contributed by atoms with Gasteiger partial charge in [-0.15, -0.1) is 0 Å². The topological polar surface area (TPSA) is 150 Å². The van der Waals surface area contributed by atoms with Crippen LogP contribution in [-0.2, 0) is 22.3 Å². The summed E-state index contributed by atoms with van der Waals surface area (Å²) in [5.41, 5.74) is 0.143. The third-order valence-electron chi connectivity index (χ3n) is 7.63. The summed E-state index contributed by atoms with van der Waals surface area (Å²) in [6.45, 7) is 3.43. The van der Waals surface area contributed by atoms with Crippen molar-refractivity contribution in [1.29, 1.82) is 0 Å². The average molecular weight is 528 g/mol. The van der Waals surface area contributed by atoms with E-state index in [4.69, 9.17) is 18.6 Å². The number of hydrogen-bond donors (Lipinski definition) is 2. The van der Waals surface area contributed by atoms with Gasteiger partial charge in [0, 0.05) is 18.4 Å². The molecule has 3 heterocycles. The third-order valence-corrected chi connectivity index (χ3v) is 7.63. The highest BCUT2D eigenvalue weighted by molar-refractivity contribution is 6.35. The van der Waals surface area contributed by atoms with E-state index in [0.29, 0.717) is 22.9 Å². The van der Waals surface area contributed by atoms with Crippen molar-refractivity contribution in [3.63, 3.8) is 0 Å². The first kappa shape index (κ1) is 23.3. The van der Waals surface area contributed by atoms with Gasteiger partial charge < -0.3 is 28.8 Å². The van der Waals surface area contributed by atoms with E-state index in [1.165, 1.54) is 13.2 Å². The number of hydrogen-bond acceptors (Lipinski definition) is 10. The Bertz CT molecular complexity index is 1880. The summed E-state index contributed by atoms with van der Waals surface area (Å²) >= 11 is 0. The number of phenols is 2. The number of esters is 2. The highest BCUT2D eigenvalue weighted by Gasteiger charge is 2.42. The van der Waals surface area contributed by atoms with Crippen molar-refractivity contribution in [2.45, 2.75) is 38.9 Å². The summed E-state index contributed by atoms with van der Waals surface area (Å²) in [6, 6.07) is 4.71. The molecule has 2 aliphatic heterocycles. The minimum atomic E-state index is -0.786. The lowest BCUT2D eigenvalue weighted by atomic mass is 9.82. The first-order valence-electron chi connectivity index (χ1n) is 12.3. The number of ether oxygens (including phenoxy) is 3. The van der Waals surface area contributed by atoms with Gasteiger partial charge in [-0.3, -0.25) is 9.59 Å². The number of phenolic OH excluding ortho intramolecular Hbond substituents is 2. The Kier molecular flexibility index (Phi) is 4.53. The number of carbonyl (C=O) groups excluding carboxylic acids is 4. The predicted molar refractivity (Wildman–Crippen MR) is 134 cm³/mol. The second-order valence-corrected chi connectivity index (χ2v) is 10.1. The van der Waals surface area contributed by atoms with Crippen LogP contribution in [0.15, 0.2) is 22.6 Å². The molecule has 4 aromatic rings. The van der Waals surface area contributed by atoms with Crippen LogP contribution in [0, 0.1) is 0 Å². The standard InChI is InChI=1S/C29H20O10/c1-9-4-11-6-13-8-15(36-3)20-21-25(33)19-14(7-12-5-10(2)38-29(35)18(12)24(19)32)22(30)27(21)39-26(20)16(13)23(31)17(11)28(34)37-9/h6-10,31-32H,4-5H2,1-3H3/t9-,10-/m1/s1. The van der Waals surface area contributed by atoms with Crippen molar-refractivity contribution in [3.05, 3.63) is 62.9 Å². The Morgan fingerprint density at radius 3 is 2.03 bits per heavy atom. The second-order valence-electron chi connectivity index (χ2n) is 10.1. The SMILES string of the molecule is COc1cc2cc3c(c(O)c2c2oc4c(c12)C(=O)c1c(cc2c(c1O)C(=O)O[C@H](C)C2)C4=O)C(=O)O[C@H](C)C3. The van der Waals surface area contributed by atoms with Crippen LogP contribution in [0.2, 0.25) is 0 Å². The molecule has 39 heavy (non-hydrogen) atoms. The normalized spacial score (nSPS) is 19.8. The molecule has 0 bridgehead atoms. The fourth-order valence-electron chi connectivity index (χ4n) is 6.03. The molecule has 7 rings (SSSR count). The van der Waals surface area contributed by atoms with Gasteiger partial charge in [-0.05, 0) is 48.6 Å². The van der Waals surface area contributed by atoms with E-state index in [-0.39, 0.29) is 68.2 Å². The molecule has 0 amide bonds. The molecule has 1 aromatic heterocycles. The molecule has 10 heteroatoms. The number of furan rings is 1. The highest BCUT2D eigenvalue weighted by atomic mass is 16.5. The molecule has 0 unspecified atom stereocenters. The summed E-state index contributed by atoms with van der Waals surface area (Å²) in [5.74, 6) is -4.06. The molecular formula is C29H20O10. The van der Waals surface area contributed by atoms with Crippen molar-refractivity contribution in [2.75, 3.05) is 7.11 Å². The Balaban J connectivity index is 1.55. The van der Waals surface area contributed by atoms with Crippen LogP contribution in [0.1, 0.15) is 77.7 Å². The minimum Gasteiger partial charge on any atom is -0.506 e. The molecular weight excluding hydrogens is 508 g/mol. The number of benzene rings is 3. The first-order chi connectivity index (χ1) is 18.6. The van der Waals surface area contributed by atoms with Gasteiger partial charge >= 0.3 is 11.9 Å².